The number of morpholine rings is 1. The molecule has 4 amide bonds. The Labute approximate surface area is 155 Å². The van der Waals surface area contributed by atoms with Crippen LogP contribution in [0, 0.1) is 5.41 Å². The van der Waals surface area contributed by atoms with Crippen molar-refractivity contribution in [3.05, 3.63) is 23.8 Å². The van der Waals surface area contributed by atoms with Crippen LogP contribution in [-0.4, -0.2) is 48.9 Å². The highest BCUT2D eigenvalue weighted by molar-refractivity contribution is 7.98. The third kappa shape index (κ3) is 2.35. The molecule has 4 rings (SSSR count). The van der Waals surface area contributed by atoms with E-state index in [0.29, 0.717) is 6.54 Å². The van der Waals surface area contributed by atoms with Gasteiger partial charge in [-0.2, -0.15) is 0 Å². The molecule has 2 fully saturated rings. The van der Waals surface area contributed by atoms with Gasteiger partial charge in [0.25, 0.3) is 0 Å². The second-order valence-corrected chi connectivity index (χ2v) is 8.01. The van der Waals surface area contributed by atoms with Crippen LogP contribution in [0.1, 0.15) is 19.4 Å². The second-order valence-electron chi connectivity index (χ2n) is 7.13. The number of fused-ring (bicyclic) bond motifs is 4. The van der Waals surface area contributed by atoms with Crippen molar-refractivity contribution in [1.29, 1.82) is 0 Å². The Morgan fingerprint density at radius 3 is 2.54 bits per heavy atom. The molecule has 0 aliphatic carbocycles. The molecular weight excluding hydrogens is 354 g/mol. The van der Waals surface area contributed by atoms with E-state index in [9.17, 15) is 14.4 Å². The molecular formula is C18H21N3O4S. The van der Waals surface area contributed by atoms with E-state index < -0.39 is 29.3 Å². The number of barbiturate groups is 1. The van der Waals surface area contributed by atoms with Gasteiger partial charge in [0, 0.05) is 17.1 Å². The van der Waals surface area contributed by atoms with Crippen LogP contribution in [0.2, 0.25) is 0 Å². The molecule has 0 bridgehead atoms. The van der Waals surface area contributed by atoms with E-state index in [2.05, 4.69) is 21.6 Å². The van der Waals surface area contributed by atoms with Crippen LogP contribution in [-0.2, 0) is 20.7 Å². The molecule has 2 N–H and O–H groups in total. The van der Waals surface area contributed by atoms with Crippen molar-refractivity contribution in [2.75, 3.05) is 17.7 Å². The van der Waals surface area contributed by atoms with E-state index in [0.717, 1.165) is 16.1 Å². The van der Waals surface area contributed by atoms with E-state index in [-0.39, 0.29) is 18.6 Å². The van der Waals surface area contributed by atoms with Crippen LogP contribution >= 0.6 is 11.8 Å². The lowest BCUT2D eigenvalue weighted by Gasteiger charge is -2.55. The van der Waals surface area contributed by atoms with Crippen molar-refractivity contribution in [3.8, 4) is 0 Å². The lowest BCUT2D eigenvalue weighted by Crippen LogP contribution is -2.75. The molecule has 3 aliphatic heterocycles. The topological polar surface area (TPSA) is 87.7 Å². The fourth-order valence-electron chi connectivity index (χ4n) is 4.55. The molecule has 0 aromatic heterocycles. The Morgan fingerprint density at radius 1 is 1.19 bits per heavy atom. The lowest BCUT2D eigenvalue weighted by atomic mass is 9.66. The molecule has 0 unspecified atom stereocenters. The predicted octanol–water partition coefficient (Wildman–Crippen LogP) is 1.30. The minimum atomic E-state index is -1.39. The molecule has 3 aliphatic rings. The zero-order valence-electron chi connectivity index (χ0n) is 14.9. The predicted molar refractivity (Wildman–Crippen MR) is 97.2 cm³/mol. The van der Waals surface area contributed by atoms with Gasteiger partial charge in [-0.15, -0.1) is 11.8 Å². The van der Waals surface area contributed by atoms with Gasteiger partial charge in [0.1, 0.15) is 0 Å². The molecule has 2 saturated heterocycles. The molecule has 8 heteroatoms. The monoisotopic (exact) mass is 375 g/mol. The van der Waals surface area contributed by atoms with E-state index in [4.69, 9.17) is 4.74 Å². The van der Waals surface area contributed by atoms with Crippen molar-refractivity contribution in [2.24, 2.45) is 5.41 Å². The Morgan fingerprint density at radius 2 is 1.88 bits per heavy atom. The fourth-order valence-corrected chi connectivity index (χ4v) is 5.02. The highest BCUT2D eigenvalue weighted by atomic mass is 32.2. The number of thioether (sulfide) groups is 1. The van der Waals surface area contributed by atoms with Crippen LogP contribution in [0.5, 0.6) is 0 Å². The van der Waals surface area contributed by atoms with Gasteiger partial charge in [0.05, 0.1) is 18.2 Å². The summed E-state index contributed by atoms with van der Waals surface area (Å²) in [7, 11) is 0. The maximum Gasteiger partial charge on any atom is 0.328 e. The molecule has 138 valence electrons. The molecule has 1 spiro atoms. The summed E-state index contributed by atoms with van der Waals surface area (Å²) in [5, 5.41) is 4.59. The number of carbonyl (C=O) groups is 3. The number of urea groups is 1. The third-order valence-electron chi connectivity index (χ3n) is 5.52. The number of amides is 4. The Kier molecular flexibility index (Phi) is 4.00. The minimum absolute atomic E-state index is 0.0270. The number of hydrogen-bond donors (Lipinski definition) is 2. The number of imide groups is 2. The van der Waals surface area contributed by atoms with Crippen LogP contribution in [0.3, 0.4) is 0 Å². The molecule has 0 radical (unpaired) electrons. The Balaban J connectivity index is 1.91. The maximum absolute atomic E-state index is 13.0. The summed E-state index contributed by atoms with van der Waals surface area (Å²) in [6.07, 6.45) is 1.86. The summed E-state index contributed by atoms with van der Waals surface area (Å²) in [6.45, 7) is 4.44. The number of anilines is 1. The smallest absolute Gasteiger partial charge is 0.328 e. The lowest BCUT2D eigenvalue weighted by molar-refractivity contribution is -0.153. The summed E-state index contributed by atoms with van der Waals surface area (Å²) in [5.41, 5.74) is 0.573. The van der Waals surface area contributed by atoms with Crippen molar-refractivity contribution in [2.45, 2.75) is 43.4 Å². The minimum Gasteiger partial charge on any atom is -0.372 e. The van der Waals surface area contributed by atoms with Gasteiger partial charge in [-0.05, 0) is 50.3 Å². The largest absolute Gasteiger partial charge is 0.372 e. The molecule has 26 heavy (non-hydrogen) atoms. The number of rotatable bonds is 1. The number of ether oxygens (including phenoxy) is 1. The number of benzene rings is 1. The van der Waals surface area contributed by atoms with Crippen LogP contribution in [0.4, 0.5) is 10.5 Å². The number of nitrogens with zero attached hydrogens (tertiary/aromatic N) is 1. The van der Waals surface area contributed by atoms with E-state index in [1.165, 1.54) is 0 Å². The Hall–Kier alpha value is -2.06. The number of carbonyl (C=O) groups excluding carboxylic acids is 3. The highest BCUT2D eigenvalue weighted by Gasteiger charge is 2.62. The SMILES string of the molecule is CSc1ccc2c(c1)CC1(C(=O)NC(=O)NC1=O)[C@H]1[C@H](C)O[C@H](C)CN21. The van der Waals surface area contributed by atoms with Crippen molar-refractivity contribution < 1.29 is 19.1 Å². The first-order chi connectivity index (χ1) is 12.4. The van der Waals surface area contributed by atoms with Gasteiger partial charge in [0.2, 0.25) is 11.8 Å². The third-order valence-corrected chi connectivity index (χ3v) is 6.24. The summed E-state index contributed by atoms with van der Waals surface area (Å²) in [4.78, 5) is 40.7. The summed E-state index contributed by atoms with van der Waals surface area (Å²) in [5.74, 6) is -1.10. The number of hydrogen-bond acceptors (Lipinski definition) is 6. The van der Waals surface area contributed by atoms with E-state index in [1.807, 2.05) is 32.2 Å². The molecule has 0 saturated carbocycles. The van der Waals surface area contributed by atoms with Crippen molar-refractivity contribution in [1.82, 2.24) is 10.6 Å². The summed E-state index contributed by atoms with van der Waals surface area (Å²) in [6, 6.07) is 4.89. The van der Waals surface area contributed by atoms with Gasteiger partial charge in [-0.1, -0.05) is 0 Å². The first kappa shape index (κ1) is 17.4. The van der Waals surface area contributed by atoms with Gasteiger partial charge >= 0.3 is 6.03 Å². The van der Waals surface area contributed by atoms with Gasteiger partial charge in [0.15, 0.2) is 5.41 Å². The van der Waals surface area contributed by atoms with Gasteiger partial charge < -0.3 is 9.64 Å². The zero-order chi connectivity index (χ0) is 18.6. The van der Waals surface area contributed by atoms with Crippen LogP contribution in [0.25, 0.3) is 0 Å². The Bertz CT molecular complexity index is 792. The molecule has 1 aromatic carbocycles. The summed E-state index contributed by atoms with van der Waals surface area (Å²) >= 11 is 1.61. The summed E-state index contributed by atoms with van der Waals surface area (Å²) < 4.78 is 5.98. The van der Waals surface area contributed by atoms with Crippen LogP contribution in [0.15, 0.2) is 23.1 Å². The maximum atomic E-state index is 13.0. The molecule has 3 heterocycles. The first-order valence-electron chi connectivity index (χ1n) is 8.62. The van der Waals surface area contributed by atoms with Crippen LogP contribution < -0.4 is 15.5 Å². The standard InChI is InChI=1S/C18H21N3O4S/c1-9-8-21-13-5-4-12(26-3)6-11(13)7-18(14(21)10(2)25-9)15(22)19-17(24)20-16(18)23/h4-6,9-10,14H,7-8H2,1-3H3,(H2,19,20,22,23,24)/t9-,10+,14-/m1/s1. The average molecular weight is 375 g/mol. The van der Waals surface area contributed by atoms with Crippen molar-refractivity contribution in [3.63, 3.8) is 0 Å². The van der Waals surface area contributed by atoms with E-state index >= 15 is 0 Å². The second kappa shape index (κ2) is 5.99. The quantitative estimate of drug-likeness (QED) is 0.568. The zero-order valence-corrected chi connectivity index (χ0v) is 15.7. The highest BCUT2D eigenvalue weighted by Crippen LogP contribution is 2.47. The van der Waals surface area contributed by atoms with E-state index in [1.54, 1.807) is 11.8 Å². The average Bonchev–Trinajstić information content (AvgIpc) is 2.58. The normalized spacial score (nSPS) is 29.7. The van der Waals surface area contributed by atoms with Gasteiger partial charge in [-0.3, -0.25) is 20.2 Å². The molecule has 7 nitrogen and oxygen atoms in total. The molecule has 1 aromatic rings. The fraction of sp³-hybridized carbons (Fsp3) is 0.500. The van der Waals surface area contributed by atoms with Crippen molar-refractivity contribution >= 4 is 35.3 Å². The molecule has 3 atom stereocenters. The number of nitrogens with one attached hydrogen (secondary N) is 2. The first-order valence-corrected chi connectivity index (χ1v) is 9.85. The van der Waals surface area contributed by atoms with Gasteiger partial charge in [-0.25, -0.2) is 4.79 Å².